The van der Waals surface area contributed by atoms with Crippen LogP contribution in [0.2, 0.25) is 0 Å². The van der Waals surface area contributed by atoms with E-state index in [0.717, 1.165) is 4.47 Å². The zero-order valence-corrected chi connectivity index (χ0v) is 8.35. The summed E-state index contributed by atoms with van der Waals surface area (Å²) in [6.45, 7) is 4.07. The second-order valence-corrected chi connectivity index (χ2v) is 3.60. The Morgan fingerprint density at radius 3 is 2.55 bits per heavy atom. The van der Waals surface area contributed by atoms with Crippen LogP contribution in [0.3, 0.4) is 0 Å². The molecular formula is C9H12BrN. The van der Waals surface area contributed by atoms with Crippen LogP contribution in [0.5, 0.6) is 0 Å². The predicted octanol–water partition coefficient (Wildman–Crippen LogP) is 2.78. The largest absolute Gasteiger partial charge is 0.324 e. The Morgan fingerprint density at radius 1 is 1.45 bits per heavy atom. The van der Waals surface area contributed by atoms with Crippen LogP contribution in [0.4, 0.5) is 0 Å². The molecule has 1 rings (SSSR count). The molecule has 0 amide bonds. The minimum Gasteiger partial charge on any atom is -0.324 e. The molecule has 1 nitrogen and oxygen atoms in total. The fourth-order valence-electron chi connectivity index (χ4n) is 1.12. The minimum absolute atomic E-state index is 0.118. The predicted molar refractivity (Wildman–Crippen MR) is 51.5 cm³/mol. The first kappa shape index (κ1) is 8.75. The molecule has 1 atom stereocenters. The van der Waals surface area contributed by atoms with Crippen LogP contribution < -0.4 is 5.73 Å². The van der Waals surface area contributed by atoms with Gasteiger partial charge in [-0.3, -0.25) is 0 Å². The Labute approximate surface area is 75.7 Å². The van der Waals surface area contributed by atoms with Crippen molar-refractivity contribution in [3.8, 4) is 0 Å². The first-order chi connectivity index (χ1) is 5.13. The van der Waals surface area contributed by atoms with Crippen molar-refractivity contribution in [2.45, 2.75) is 19.9 Å². The fourth-order valence-corrected chi connectivity index (χ4v) is 1.50. The van der Waals surface area contributed by atoms with Crippen LogP contribution in [-0.2, 0) is 0 Å². The maximum atomic E-state index is 5.76. The van der Waals surface area contributed by atoms with Gasteiger partial charge in [-0.1, -0.05) is 28.1 Å². The molecule has 0 saturated carbocycles. The summed E-state index contributed by atoms with van der Waals surface area (Å²) in [4.78, 5) is 0. The molecule has 11 heavy (non-hydrogen) atoms. The second kappa shape index (κ2) is 3.37. The summed E-state index contributed by atoms with van der Waals surface area (Å²) in [6.07, 6.45) is 0. The van der Waals surface area contributed by atoms with Gasteiger partial charge in [0.1, 0.15) is 0 Å². The summed E-state index contributed by atoms with van der Waals surface area (Å²) in [5.41, 5.74) is 8.21. The molecule has 0 aliphatic heterocycles. The van der Waals surface area contributed by atoms with Gasteiger partial charge in [0.15, 0.2) is 0 Å². The molecule has 0 saturated heterocycles. The lowest BCUT2D eigenvalue weighted by Gasteiger charge is -2.10. The molecule has 0 fully saturated rings. The lowest BCUT2D eigenvalue weighted by molar-refractivity contribution is 0.809. The highest BCUT2D eigenvalue weighted by atomic mass is 79.9. The Bertz CT molecular complexity index is 256. The Kier molecular flexibility index (Phi) is 2.68. The number of nitrogens with two attached hydrogens (primary N) is 1. The molecule has 0 heterocycles. The molecule has 0 unspecified atom stereocenters. The van der Waals surface area contributed by atoms with Gasteiger partial charge in [0.05, 0.1) is 0 Å². The van der Waals surface area contributed by atoms with Crippen molar-refractivity contribution in [3.05, 3.63) is 33.8 Å². The number of hydrogen-bond donors (Lipinski definition) is 1. The normalized spacial score (nSPS) is 13.1. The molecule has 1 aromatic carbocycles. The maximum Gasteiger partial charge on any atom is 0.0269 e. The smallest absolute Gasteiger partial charge is 0.0269 e. The van der Waals surface area contributed by atoms with Gasteiger partial charge in [0, 0.05) is 10.5 Å². The lowest BCUT2D eigenvalue weighted by atomic mass is 10.0. The van der Waals surface area contributed by atoms with Crippen molar-refractivity contribution >= 4 is 15.9 Å². The summed E-state index contributed by atoms with van der Waals surface area (Å²) in [7, 11) is 0. The molecule has 60 valence electrons. The third-order valence-corrected chi connectivity index (χ3v) is 2.66. The van der Waals surface area contributed by atoms with Crippen molar-refractivity contribution in [3.63, 3.8) is 0 Å². The Morgan fingerprint density at radius 2 is 2.09 bits per heavy atom. The second-order valence-electron chi connectivity index (χ2n) is 2.74. The van der Waals surface area contributed by atoms with Gasteiger partial charge in [0.25, 0.3) is 0 Å². The van der Waals surface area contributed by atoms with Gasteiger partial charge >= 0.3 is 0 Å². The van der Waals surface area contributed by atoms with Crippen LogP contribution in [0.25, 0.3) is 0 Å². The molecule has 0 aliphatic rings. The zero-order chi connectivity index (χ0) is 8.43. The number of benzene rings is 1. The zero-order valence-electron chi connectivity index (χ0n) is 6.76. The lowest BCUT2D eigenvalue weighted by Crippen LogP contribution is -2.06. The Hall–Kier alpha value is -0.340. The van der Waals surface area contributed by atoms with Crippen molar-refractivity contribution in [1.82, 2.24) is 0 Å². The highest BCUT2D eigenvalue weighted by Gasteiger charge is 2.04. The summed E-state index contributed by atoms with van der Waals surface area (Å²) in [5, 5.41) is 0. The summed E-state index contributed by atoms with van der Waals surface area (Å²) >= 11 is 3.46. The monoisotopic (exact) mass is 213 g/mol. The van der Waals surface area contributed by atoms with Gasteiger partial charge in [0.2, 0.25) is 0 Å². The van der Waals surface area contributed by atoms with Crippen molar-refractivity contribution in [2.24, 2.45) is 5.73 Å². The van der Waals surface area contributed by atoms with E-state index in [4.69, 9.17) is 5.73 Å². The van der Waals surface area contributed by atoms with E-state index in [1.165, 1.54) is 11.1 Å². The number of rotatable bonds is 1. The van der Waals surface area contributed by atoms with E-state index in [1.807, 2.05) is 19.1 Å². The average molecular weight is 214 g/mol. The molecular weight excluding hydrogens is 202 g/mol. The van der Waals surface area contributed by atoms with Gasteiger partial charge in [-0.15, -0.1) is 0 Å². The number of hydrogen-bond acceptors (Lipinski definition) is 1. The van der Waals surface area contributed by atoms with E-state index >= 15 is 0 Å². The third kappa shape index (κ3) is 1.82. The van der Waals surface area contributed by atoms with E-state index in [2.05, 4.69) is 28.9 Å². The van der Waals surface area contributed by atoms with Crippen LogP contribution in [-0.4, -0.2) is 0 Å². The molecule has 1 aromatic rings. The SMILES string of the molecule is Cc1c(Br)cccc1[C@H](C)N. The van der Waals surface area contributed by atoms with Crippen LogP contribution >= 0.6 is 15.9 Å². The van der Waals surface area contributed by atoms with E-state index in [1.54, 1.807) is 0 Å². The highest BCUT2D eigenvalue weighted by Crippen LogP contribution is 2.22. The molecule has 2 heteroatoms. The molecule has 0 aliphatic carbocycles. The average Bonchev–Trinajstić information content (AvgIpc) is 1.94. The molecule has 0 bridgehead atoms. The summed E-state index contributed by atoms with van der Waals surface area (Å²) in [5.74, 6) is 0. The quantitative estimate of drug-likeness (QED) is 0.764. The van der Waals surface area contributed by atoms with Gasteiger partial charge in [-0.05, 0) is 31.0 Å². The van der Waals surface area contributed by atoms with Crippen LogP contribution in [0.1, 0.15) is 24.1 Å². The van der Waals surface area contributed by atoms with Crippen molar-refractivity contribution in [1.29, 1.82) is 0 Å². The third-order valence-electron chi connectivity index (χ3n) is 1.80. The highest BCUT2D eigenvalue weighted by molar-refractivity contribution is 9.10. The maximum absolute atomic E-state index is 5.76. The van der Waals surface area contributed by atoms with Gasteiger partial charge in [-0.2, -0.15) is 0 Å². The van der Waals surface area contributed by atoms with Gasteiger partial charge in [-0.25, -0.2) is 0 Å². The topological polar surface area (TPSA) is 26.0 Å². The van der Waals surface area contributed by atoms with E-state index in [9.17, 15) is 0 Å². The Balaban J connectivity index is 3.17. The number of halogens is 1. The molecule has 2 N–H and O–H groups in total. The minimum atomic E-state index is 0.118. The van der Waals surface area contributed by atoms with Gasteiger partial charge < -0.3 is 5.73 Å². The summed E-state index contributed by atoms with van der Waals surface area (Å²) in [6, 6.07) is 6.22. The van der Waals surface area contributed by atoms with E-state index < -0.39 is 0 Å². The van der Waals surface area contributed by atoms with Crippen molar-refractivity contribution in [2.75, 3.05) is 0 Å². The van der Waals surface area contributed by atoms with E-state index in [-0.39, 0.29) is 6.04 Å². The van der Waals surface area contributed by atoms with E-state index in [0.29, 0.717) is 0 Å². The molecule has 0 spiro atoms. The summed E-state index contributed by atoms with van der Waals surface area (Å²) < 4.78 is 1.13. The fraction of sp³-hybridized carbons (Fsp3) is 0.333. The standard InChI is InChI=1S/C9H12BrN/c1-6-8(7(2)11)4-3-5-9(6)10/h3-5,7H,11H2,1-2H3/t7-/m0/s1. The van der Waals surface area contributed by atoms with Crippen LogP contribution in [0.15, 0.2) is 22.7 Å². The first-order valence-electron chi connectivity index (χ1n) is 3.63. The van der Waals surface area contributed by atoms with Crippen LogP contribution in [0, 0.1) is 6.92 Å². The molecule has 0 radical (unpaired) electrons. The van der Waals surface area contributed by atoms with Crippen molar-refractivity contribution < 1.29 is 0 Å². The first-order valence-corrected chi connectivity index (χ1v) is 4.43. The molecule has 0 aromatic heterocycles.